The van der Waals surface area contributed by atoms with Gasteiger partial charge in [0.25, 0.3) is 0 Å². The Balaban J connectivity index is 2.22. The van der Waals surface area contributed by atoms with Crippen LogP contribution in [0.4, 0.5) is 5.69 Å². The number of halogens is 1. The zero-order chi connectivity index (χ0) is 11.5. The Kier molecular flexibility index (Phi) is 3.58. The standard InChI is InChI=1S/C11H14BrN3O/c12-9-1-3-10(4-2-9)15-11(16)5-7-14(15)8-6-13/h1-4H,5-8,13H2. The summed E-state index contributed by atoms with van der Waals surface area (Å²) < 4.78 is 1.01. The van der Waals surface area contributed by atoms with Crippen LogP contribution < -0.4 is 10.7 Å². The molecule has 1 aromatic carbocycles. The lowest BCUT2D eigenvalue weighted by Crippen LogP contribution is -2.41. The number of hydrazine groups is 1. The van der Waals surface area contributed by atoms with Crippen LogP contribution in [0.25, 0.3) is 0 Å². The summed E-state index contributed by atoms with van der Waals surface area (Å²) in [6.07, 6.45) is 0.566. The molecule has 0 radical (unpaired) electrons. The molecule has 5 heteroatoms. The van der Waals surface area contributed by atoms with E-state index in [9.17, 15) is 4.79 Å². The van der Waals surface area contributed by atoms with Crippen LogP contribution in [0.2, 0.25) is 0 Å². The van der Waals surface area contributed by atoms with Gasteiger partial charge < -0.3 is 5.73 Å². The fraction of sp³-hybridized carbons (Fsp3) is 0.364. The van der Waals surface area contributed by atoms with Crippen molar-refractivity contribution in [2.45, 2.75) is 6.42 Å². The molecule has 4 nitrogen and oxygen atoms in total. The fourth-order valence-corrected chi connectivity index (χ4v) is 2.10. The average Bonchev–Trinajstić information content (AvgIpc) is 2.62. The van der Waals surface area contributed by atoms with E-state index in [1.54, 1.807) is 5.01 Å². The first kappa shape index (κ1) is 11.6. The lowest BCUT2D eigenvalue weighted by atomic mass is 10.3. The third-order valence-electron chi connectivity index (χ3n) is 2.56. The maximum atomic E-state index is 11.8. The molecule has 0 atom stereocenters. The Morgan fingerprint density at radius 3 is 2.62 bits per heavy atom. The van der Waals surface area contributed by atoms with E-state index < -0.39 is 0 Å². The van der Waals surface area contributed by atoms with E-state index in [2.05, 4.69) is 15.9 Å². The van der Waals surface area contributed by atoms with Gasteiger partial charge in [0.2, 0.25) is 5.91 Å². The second-order valence-corrected chi connectivity index (χ2v) is 4.59. The normalized spacial score (nSPS) is 17.1. The average molecular weight is 284 g/mol. The molecule has 1 fully saturated rings. The summed E-state index contributed by atoms with van der Waals surface area (Å²) >= 11 is 3.38. The SMILES string of the molecule is NCCN1CCC(=O)N1c1ccc(Br)cc1. The molecule has 0 bridgehead atoms. The molecule has 2 rings (SSSR count). The predicted octanol–water partition coefficient (Wildman–Crippen LogP) is 1.36. The molecule has 0 spiro atoms. The highest BCUT2D eigenvalue weighted by molar-refractivity contribution is 9.10. The number of nitrogens with zero attached hydrogens (tertiary/aromatic N) is 2. The van der Waals surface area contributed by atoms with Crippen molar-refractivity contribution in [1.82, 2.24) is 5.01 Å². The molecule has 0 aliphatic carbocycles. The predicted molar refractivity (Wildman–Crippen MR) is 66.9 cm³/mol. The molecule has 1 aromatic rings. The van der Waals surface area contributed by atoms with Crippen LogP contribution in [0.15, 0.2) is 28.7 Å². The fourth-order valence-electron chi connectivity index (χ4n) is 1.84. The van der Waals surface area contributed by atoms with E-state index in [1.165, 1.54) is 0 Å². The van der Waals surface area contributed by atoms with Crippen LogP contribution in [0.1, 0.15) is 6.42 Å². The van der Waals surface area contributed by atoms with Crippen LogP contribution in [-0.2, 0) is 4.79 Å². The summed E-state index contributed by atoms with van der Waals surface area (Å²) in [5.41, 5.74) is 6.43. The van der Waals surface area contributed by atoms with Crippen molar-refractivity contribution in [2.24, 2.45) is 5.73 Å². The van der Waals surface area contributed by atoms with Crippen molar-refractivity contribution >= 4 is 27.5 Å². The summed E-state index contributed by atoms with van der Waals surface area (Å²) in [6.45, 7) is 2.02. The van der Waals surface area contributed by atoms with Gasteiger partial charge in [-0.2, -0.15) is 0 Å². The van der Waals surface area contributed by atoms with Gasteiger partial charge in [0, 0.05) is 30.5 Å². The van der Waals surface area contributed by atoms with Crippen molar-refractivity contribution < 1.29 is 4.79 Å². The number of hydrogen-bond donors (Lipinski definition) is 1. The highest BCUT2D eigenvalue weighted by Crippen LogP contribution is 2.24. The van der Waals surface area contributed by atoms with Gasteiger partial charge in [0.05, 0.1) is 5.69 Å². The van der Waals surface area contributed by atoms with Gasteiger partial charge in [-0.15, -0.1) is 0 Å². The minimum atomic E-state index is 0.135. The molecule has 1 aliphatic heterocycles. The number of hydrogen-bond acceptors (Lipinski definition) is 3. The van der Waals surface area contributed by atoms with E-state index in [1.807, 2.05) is 29.3 Å². The molecule has 1 aliphatic rings. The number of benzene rings is 1. The summed E-state index contributed by atoms with van der Waals surface area (Å²) in [4.78, 5) is 11.8. The number of rotatable bonds is 3. The maximum Gasteiger partial charge on any atom is 0.242 e. The first-order valence-corrected chi connectivity index (χ1v) is 6.05. The van der Waals surface area contributed by atoms with Crippen LogP contribution in [0, 0.1) is 0 Å². The minimum Gasteiger partial charge on any atom is -0.329 e. The topological polar surface area (TPSA) is 49.6 Å². The van der Waals surface area contributed by atoms with E-state index in [4.69, 9.17) is 5.73 Å². The lowest BCUT2D eigenvalue weighted by Gasteiger charge is -2.27. The van der Waals surface area contributed by atoms with E-state index in [0.29, 0.717) is 19.5 Å². The molecule has 0 saturated carbocycles. The van der Waals surface area contributed by atoms with Crippen molar-refractivity contribution in [3.05, 3.63) is 28.7 Å². The van der Waals surface area contributed by atoms with Crippen LogP contribution >= 0.6 is 15.9 Å². The molecular weight excluding hydrogens is 270 g/mol. The van der Waals surface area contributed by atoms with Crippen LogP contribution in [-0.4, -0.2) is 30.6 Å². The zero-order valence-electron chi connectivity index (χ0n) is 8.90. The first-order valence-electron chi connectivity index (χ1n) is 5.26. The van der Waals surface area contributed by atoms with E-state index in [-0.39, 0.29) is 5.91 Å². The van der Waals surface area contributed by atoms with Gasteiger partial charge in [-0.1, -0.05) is 15.9 Å². The van der Waals surface area contributed by atoms with E-state index in [0.717, 1.165) is 16.7 Å². The Bertz CT molecular complexity index is 379. The minimum absolute atomic E-state index is 0.135. The molecule has 0 unspecified atom stereocenters. The van der Waals surface area contributed by atoms with Gasteiger partial charge in [0.15, 0.2) is 0 Å². The van der Waals surface area contributed by atoms with Gasteiger partial charge in [-0.3, -0.25) is 4.79 Å². The van der Waals surface area contributed by atoms with Gasteiger partial charge >= 0.3 is 0 Å². The van der Waals surface area contributed by atoms with E-state index >= 15 is 0 Å². The summed E-state index contributed by atoms with van der Waals surface area (Å²) in [5.74, 6) is 0.135. The van der Waals surface area contributed by atoms with Gasteiger partial charge in [-0.25, -0.2) is 10.0 Å². The summed E-state index contributed by atoms with van der Waals surface area (Å²) in [6, 6.07) is 7.72. The summed E-state index contributed by atoms with van der Waals surface area (Å²) in [7, 11) is 0. The summed E-state index contributed by atoms with van der Waals surface area (Å²) in [5, 5.41) is 3.71. The number of nitrogens with two attached hydrogens (primary N) is 1. The Hall–Kier alpha value is -0.910. The van der Waals surface area contributed by atoms with Crippen molar-refractivity contribution in [3.63, 3.8) is 0 Å². The van der Waals surface area contributed by atoms with Gasteiger partial charge in [-0.05, 0) is 24.3 Å². The molecule has 86 valence electrons. The van der Waals surface area contributed by atoms with Gasteiger partial charge in [0.1, 0.15) is 0 Å². The first-order chi connectivity index (χ1) is 7.72. The number of amides is 1. The third-order valence-corrected chi connectivity index (χ3v) is 3.09. The molecule has 2 N–H and O–H groups in total. The molecule has 16 heavy (non-hydrogen) atoms. The molecule has 1 heterocycles. The Labute approximate surface area is 103 Å². The monoisotopic (exact) mass is 283 g/mol. The molecular formula is C11H14BrN3O. The number of carbonyl (C=O) groups excluding carboxylic acids is 1. The number of carbonyl (C=O) groups is 1. The highest BCUT2D eigenvalue weighted by atomic mass is 79.9. The lowest BCUT2D eigenvalue weighted by molar-refractivity contribution is -0.118. The molecule has 1 saturated heterocycles. The maximum absolute atomic E-state index is 11.8. The zero-order valence-corrected chi connectivity index (χ0v) is 10.5. The van der Waals surface area contributed by atoms with Crippen molar-refractivity contribution in [2.75, 3.05) is 24.6 Å². The molecule has 1 amide bonds. The molecule has 0 aromatic heterocycles. The second kappa shape index (κ2) is 4.95. The largest absolute Gasteiger partial charge is 0.329 e. The van der Waals surface area contributed by atoms with Crippen molar-refractivity contribution in [1.29, 1.82) is 0 Å². The van der Waals surface area contributed by atoms with Crippen LogP contribution in [0.3, 0.4) is 0 Å². The highest BCUT2D eigenvalue weighted by Gasteiger charge is 2.29. The quantitative estimate of drug-likeness (QED) is 0.911. The van der Waals surface area contributed by atoms with Crippen LogP contribution in [0.5, 0.6) is 0 Å². The second-order valence-electron chi connectivity index (χ2n) is 3.67. The third kappa shape index (κ3) is 2.26. The smallest absolute Gasteiger partial charge is 0.242 e. The Morgan fingerprint density at radius 1 is 1.31 bits per heavy atom. The Morgan fingerprint density at radius 2 is 2.00 bits per heavy atom. The number of anilines is 1. The van der Waals surface area contributed by atoms with Crippen molar-refractivity contribution in [3.8, 4) is 0 Å².